The minimum Gasteiger partial charge on any atom is -0.371 e. The molecule has 2 aliphatic rings. The van der Waals surface area contributed by atoms with Crippen LogP contribution >= 0.6 is 0 Å². The predicted molar refractivity (Wildman–Crippen MR) is 39.2 cm³/mol. The van der Waals surface area contributed by atoms with Gasteiger partial charge in [0.2, 0.25) is 0 Å². The van der Waals surface area contributed by atoms with Gasteiger partial charge in [-0.1, -0.05) is 6.92 Å². The molecule has 0 aliphatic carbocycles. The molecule has 0 amide bonds. The molecule has 0 aromatic carbocycles. The molecular formula is C6H12BNO2. The molecule has 4 heteroatoms. The fraction of sp³-hybridized carbons (Fsp3) is 1.00. The Morgan fingerprint density at radius 1 is 1.70 bits per heavy atom. The molecule has 2 unspecified atom stereocenters. The highest BCUT2D eigenvalue weighted by Crippen LogP contribution is 2.39. The summed E-state index contributed by atoms with van der Waals surface area (Å²) in [6.45, 7) is 2.64. The van der Waals surface area contributed by atoms with E-state index in [-0.39, 0.29) is 12.1 Å². The zero-order valence-electron chi connectivity index (χ0n) is 6.33. The fourth-order valence-corrected chi connectivity index (χ4v) is 1.88. The van der Waals surface area contributed by atoms with Gasteiger partial charge in [-0.3, -0.25) is 0 Å². The van der Waals surface area contributed by atoms with Gasteiger partial charge < -0.3 is 15.2 Å². The van der Waals surface area contributed by atoms with Gasteiger partial charge in [-0.25, -0.2) is 0 Å². The highest BCUT2D eigenvalue weighted by atomic mass is 16.6. The molecule has 0 spiro atoms. The first-order valence-electron chi connectivity index (χ1n) is 3.72. The van der Waals surface area contributed by atoms with Gasteiger partial charge in [-0.05, 0) is 0 Å². The van der Waals surface area contributed by atoms with Gasteiger partial charge in [-0.2, -0.15) is 0 Å². The van der Waals surface area contributed by atoms with Crippen molar-refractivity contribution in [1.82, 2.24) is 0 Å². The van der Waals surface area contributed by atoms with Gasteiger partial charge in [0.05, 0.1) is 18.7 Å². The zero-order valence-corrected chi connectivity index (χ0v) is 6.33. The van der Waals surface area contributed by atoms with Crippen LogP contribution in [0, 0.1) is 5.92 Å². The molecule has 2 heterocycles. The Morgan fingerprint density at radius 2 is 2.40 bits per heavy atom. The summed E-state index contributed by atoms with van der Waals surface area (Å²) in [4.78, 5) is 0. The van der Waals surface area contributed by atoms with E-state index in [9.17, 15) is 0 Å². The third-order valence-electron chi connectivity index (χ3n) is 2.63. The lowest BCUT2D eigenvalue weighted by atomic mass is 9.89. The lowest BCUT2D eigenvalue weighted by Gasteiger charge is -2.25. The molecule has 2 bridgehead atoms. The van der Waals surface area contributed by atoms with E-state index < -0.39 is 5.72 Å². The summed E-state index contributed by atoms with van der Waals surface area (Å²) in [7, 11) is 2.01. The van der Waals surface area contributed by atoms with Crippen LogP contribution in [-0.2, 0) is 9.47 Å². The zero-order chi connectivity index (χ0) is 7.35. The fourth-order valence-electron chi connectivity index (χ4n) is 1.88. The third kappa shape index (κ3) is 0.616. The standard InChI is InChI=1S/C6H12BNO2/c1-3-4-5(7)10-6(3,8)2-9-4/h3-5H,2,7-8H2,1H3/t3?,4?,5-,6+/m1/s1. The lowest BCUT2D eigenvalue weighted by Crippen LogP contribution is -2.47. The van der Waals surface area contributed by atoms with Gasteiger partial charge in [0, 0.05) is 5.92 Å². The molecule has 3 nitrogen and oxygen atoms in total. The maximum absolute atomic E-state index is 5.89. The van der Waals surface area contributed by atoms with Crippen molar-refractivity contribution in [2.45, 2.75) is 24.8 Å². The highest BCUT2D eigenvalue weighted by Gasteiger charge is 2.55. The van der Waals surface area contributed by atoms with Crippen molar-refractivity contribution in [2.75, 3.05) is 6.61 Å². The van der Waals surface area contributed by atoms with E-state index in [0.717, 1.165) is 0 Å². The van der Waals surface area contributed by atoms with E-state index in [1.807, 2.05) is 7.85 Å². The van der Waals surface area contributed by atoms with Crippen LogP contribution in [0.1, 0.15) is 6.92 Å². The Kier molecular flexibility index (Phi) is 1.16. The largest absolute Gasteiger partial charge is 0.371 e. The highest BCUT2D eigenvalue weighted by molar-refractivity contribution is 6.11. The first-order valence-corrected chi connectivity index (χ1v) is 3.72. The SMILES string of the molecule is B[C@@H]1O[C@@]2(N)COC1C2C. The van der Waals surface area contributed by atoms with Gasteiger partial charge in [0.15, 0.2) is 0 Å². The van der Waals surface area contributed by atoms with E-state index in [0.29, 0.717) is 12.5 Å². The summed E-state index contributed by atoms with van der Waals surface area (Å²) in [5.41, 5.74) is 5.40. The van der Waals surface area contributed by atoms with Crippen molar-refractivity contribution >= 4 is 7.85 Å². The van der Waals surface area contributed by atoms with Crippen molar-refractivity contribution < 1.29 is 9.47 Å². The van der Waals surface area contributed by atoms with Crippen LogP contribution in [0.3, 0.4) is 0 Å². The van der Waals surface area contributed by atoms with Crippen molar-refractivity contribution in [3.63, 3.8) is 0 Å². The average Bonchev–Trinajstić information content (AvgIpc) is 2.20. The van der Waals surface area contributed by atoms with E-state index in [4.69, 9.17) is 15.2 Å². The molecule has 56 valence electrons. The quantitative estimate of drug-likeness (QED) is 0.425. The first-order chi connectivity index (χ1) is 4.63. The van der Waals surface area contributed by atoms with Gasteiger partial charge in [0.25, 0.3) is 0 Å². The topological polar surface area (TPSA) is 44.5 Å². The Balaban J connectivity index is 2.26. The van der Waals surface area contributed by atoms with Crippen LogP contribution in [0.5, 0.6) is 0 Å². The predicted octanol–water partition coefficient (Wildman–Crippen LogP) is -1.33. The van der Waals surface area contributed by atoms with E-state index in [2.05, 4.69) is 6.92 Å². The third-order valence-corrected chi connectivity index (χ3v) is 2.63. The Hall–Kier alpha value is -0.0551. The molecular weight excluding hydrogens is 129 g/mol. The van der Waals surface area contributed by atoms with Crippen molar-refractivity contribution in [2.24, 2.45) is 11.7 Å². The smallest absolute Gasteiger partial charge is 0.144 e. The monoisotopic (exact) mass is 141 g/mol. The second kappa shape index (κ2) is 1.75. The van der Waals surface area contributed by atoms with Gasteiger partial charge >= 0.3 is 0 Å². The van der Waals surface area contributed by atoms with Crippen molar-refractivity contribution in [1.29, 1.82) is 0 Å². The first kappa shape index (κ1) is 6.64. The summed E-state index contributed by atoms with van der Waals surface area (Å²) < 4.78 is 10.9. The number of fused-ring (bicyclic) bond motifs is 2. The Labute approximate surface area is 61.3 Å². The summed E-state index contributed by atoms with van der Waals surface area (Å²) in [5, 5.41) is 0. The summed E-state index contributed by atoms with van der Waals surface area (Å²) in [6.07, 6.45) is 0.227. The van der Waals surface area contributed by atoms with Crippen LogP contribution < -0.4 is 5.73 Å². The minimum absolute atomic E-state index is 0.175. The van der Waals surface area contributed by atoms with Crippen LogP contribution in [0.2, 0.25) is 0 Å². The molecule has 2 aliphatic heterocycles. The molecule has 2 saturated heterocycles. The van der Waals surface area contributed by atoms with Crippen molar-refractivity contribution in [3.05, 3.63) is 0 Å². The molecule has 4 atom stereocenters. The molecule has 0 saturated carbocycles. The average molecular weight is 141 g/mol. The summed E-state index contributed by atoms with van der Waals surface area (Å²) in [6, 6.07) is 0.175. The normalized spacial score (nSPS) is 59.6. The second-order valence-corrected chi connectivity index (χ2v) is 3.34. The molecule has 10 heavy (non-hydrogen) atoms. The van der Waals surface area contributed by atoms with Crippen molar-refractivity contribution in [3.8, 4) is 0 Å². The number of rotatable bonds is 0. The lowest BCUT2D eigenvalue weighted by molar-refractivity contribution is -0.111. The number of hydrogen-bond acceptors (Lipinski definition) is 3. The maximum Gasteiger partial charge on any atom is 0.144 e. The number of hydrogen-bond donors (Lipinski definition) is 1. The molecule has 0 aromatic heterocycles. The summed E-state index contributed by atoms with van der Waals surface area (Å²) in [5.74, 6) is 0.350. The molecule has 2 N–H and O–H groups in total. The van der Waals surface area contributed by atoms with Crippen LogP contribution in [-0.4, -0.2) is 32.3 Å². The number of nitrogens with two attached hydrogens (primary N) is 1. The Bertz CT molecular complexity index is 166. The molecule has 2 rings (SSSR count). The molecule has 0 aromatic rings. The van der Waals surface area contributed by atoms with E-state index in [1.165, 1.54) is 0 Å². The minimum atomic E-state index is -0.482. The van der Waals surface area contributed by atoms with Gasteiger partial charge in [-0.15, -0.1) is 0 Å². The van der Waals surface area contributed by atoms with E-state index >= 15 is 0 Å². The number of ether oxygens (including phenoxy) is 2. The molecule has 0 radical (unpaired) electrons. The van der Waals surface area contributed by atoms with E-state index in [1.54, 1.807) is 0 Å². The summed E-state index contributed by atoms with van der Waals surface area (Å²) >= 11 is 0. The van der Waals surface area contributed by atoms with Crippen LogP contribution in [0.15, 0.2) is 0 Å². The molecule has 2 fully saturated rings. The van der Waals surface area contributed by atoms with Gasteiger partial charge in [0.1, 0.15) is 13.6 Å². The Morgan fingerprint density at radius 3 is 2.60 bits per heavy atom. The van der Waals surface area contributed by atoms with Crippen LogP contribution in [0.25, 0.3) is 0 Å². The second-order valence-electron chi connectivity index (χ2n) is 3.34. The maximum atomic E-state index is 5.89. The van der Waals surface area contributed by atoms with Crippen LogP contribution in [0.4, 0.5) is 0 Å².